The number of benzene rings is 2. The Bertz CT molecular complexity index is 1380. The van der Waals surface area contributed by atoms with Crippen LogP contribution in [-0.4, -0.2) is 26.7 Å². The summed E-state index contributed by atoms with van der Waals surface area (Å²) in [6.07, 6.45) is 1.56. The van der Waals surface area contributed by atoms with Crippen LogP contribution in [0, 0.1) is 5.82 Å². The van der Waals surface area contributed by atoms with Crippen LogP contribution in [0.1, 0.15) is 15.9 Å². The molecular formula is C22H17FN6O3. The average molecular weight is 432 g/mol. The summed E-state index contributed by atoms with van der Waals surface area (Å²) >= 11 is 0. The van der Waals surface area contributed by atoms with Gasteiger partial charge >= 0.3 is 6.03 Å². The van der Waals surface area contributed by atoms with Crippen LogP contribution in [0.5, 0.6) is 11.5 Å². The summed E-state index contributed by atoms with van der Waals surface area (Å²) in [6.45, 7) is 0.300. The Morgan fingerprint density at radius 1 is 1.22 bits per heavy atom. The topological polar surface area (TPSA) is 110 Å². The smallest absolute Gasteiger partial charge is 0.320 e. The highest BCUT2D eigenvalue weighted by molar-refractivity contribution is 6.08. The zero-order chi connectivity index (χ0) is 22.2. The largest absolute Gasteiger partial charge is 0.457 e. The van der Waals surface area contributed by atoms with Crippen LogP contribution >= 0.6 is 0 Å². The van der Waals surface area contributed by atoms with Crippen molar-refractivity contribution in [3.63, 3.8) is 0 Å². The number of nitrogens with one attached hydrogen (secondary N) is 3. The number of hydrogen-bond donors (Lipinski definition) is 3. The first-order valence-corrected chi connectivity index (χ1v) is 9.72. The summed E-state index contributed by atoms with van der Waals surface area (Å²) in [4.78, 5) is 28.2. The fourth-order valence-electron chi connectivity index (χ4n) is 3.50. The number of carbonyl (C=O) groups is 2. The highest BCUT2D eigenvalue weighted by atomic mass is 19.1. The molecular weight excluding hydrogens is 415 g/mol. The standard InChI is InChI=1S/C22H17FN6O3/c1-29-17-10-14(32-18-7-8-24-19-16(18)11-25-22(31)27-19)5-6-15(17)20(28-29)26-21(30)12-3-2-4-13(23)9-12/h2-10H,11H2,1H3,(H,26,28,30)(H2,24,25,27,31). The number of aryl methyl sites for hydroxylation is 1. The van der Waals surface area contributed by atoms with Gasteiger partial charge in [0, 0.05) is 30.3 Å². The van der Waals surface area contributed by atoms with Gasteiger partial charge in [0.15, 0.2) is 5.82 Å². The molecule has 0 fully saturated rings. The minimum atomic E-state index is -0.488. The van der Waals surface area contributed by atoms with Crippen LogP contribution in [-0.2, 0) is 13.6 Å². The molecule has 1 aliphatic heterocycles. The SMILES string of the molecule is Cn1nc(NC(=O)c2cccc(F)c2)c2ccc(Oc3ccnc4c3CNC(=O)N4)cc21. The molecule has 0 unspecified atom stereocenters. The van der Waals surface area contributed by atoms with Crippen molar-refractivity contribution >= 4 is 34.5 Å². The van der Waals surface area contributed by atoms with Crippen molar-refractivity contribution in [3.05, 3.63) is 71.7 Å². The van der Waals surface area contributed by atoms with Crippen molar-refractivity contribution in [1.82, 2.24) is 20.1 Å². The van der Waals surface area contributed by atoms with E-state index < -0.39 is 11.7 Å². The minimum absolute atomic E-state index is 0.201. The Balaban J connectivity index is 1.42. The second-order valence-corrected chi connectivity index (χ2v) is 7.16. The number of amides is 3. The first-order valence-electron chi connectivity index (χ1n) is 9.72. The molecule has 0 aliphatic carbocycles. The molecule has 0 saturated carbocycles. The third kappa shape index (κ3) is 3.58. The highest BCUT2D eigenvalue weighted by Gasteiger charge is 2.20. The van der Waals surface area contributed by atoms with Crippen LogP contribution in [0.15, 0.2) is 54.7 Å². The fraction of sp³-hybridized carbons (Fsp3) is 0.0909. The number of aromatic nitrogens is 3. The summed E-state index contributed by atoms with van der Waals surface area (Å²) in [5, 5.41) is 13.1. The van der Waals surface area contributed by atoms with Gasteiger partial charge in [-0.25, -0.2) is 14.2 Å². The van der Waals surface area contributed by atoms with E-state index in [0.29, 0.717) is 35.1 Å². The molecule has 0 bridgehead atoms. The van der Waals surface area contributed by atoms with Crippen molar-refractivity contribution in [2.45, 2.75) is 6.54 Å². The highest BCUT2D eigenvalue weighted by Crippen LogP contribution is 2.33. The average Bonchev–Trinajstić information content (AvgIpc) is 3.08. The van der Waals surface area contributed by atoms with Gasteiger partial charge in [0.2, 0.25) is 0 Å². The molecule has 10 heteroatoms. The first kappa shape index (κ1) is 19.5. The van der Waals surface area contributed by atoms with Crippen molar-refractivity contribution in [1.29, 1.82) is 0 Å². The lowest BCUT2D eigenvalue weighted by Crippen LogP contribution is -2.34. The van der Waals surface area contributed by atoms with Crippen LogP contribution in [0.3, 0.4) is 0 Å². The molecule has 160 valence electrons. The summed E-state index contributed by atoms with van der Waals surface area (Å²) in [7, 11) is 1.75. The third-order valence-corrected chi connectivity index (χ3v) is 5.04. The molecule has 0 saturated heterocycles. The Labute approximate surface area is 181 Å². The molecule has 32 heavy (non-hydrogen) atoms. The minimum Gasteiger partial charge on any atom is -0.457 e. The normalized spacial score (nSPS) is 12.6. The molecule has 3 heterocycles. The maximum absolute atomic E-state index is 13.4. The number of ether oxygens (including phenoxy) is 1. The molecule has 3 N–H and O–H groups in total. The Morgan fingerprint density at radius 2 is 2.09 bits per heavy atom. The van der Waals surface area contributed by atoms with Crippen LogP contribution in [0.2, 0.25) is 0 Å². The number of halogens is 1. The van der Waals surface area contributed by atoms with Gasteiger partial charge in [0.05, 0.1) is 17.6 Å². The van der Waals surface area contributed by atoms with E-state index in [1.54, 1.807) is 42.2 Å². The van der Waals surface area contributed by atoms with Crippen LogP contribution < -0.4 is 20.7 Å². The number of fused-ring (bicyclic) bond motifs is 2. The van der Waals surface area contributed by atoms with Crippen molar-refractivity contribution in [2.75, 3.05) is 10.6 Å². The molecule has 0 radical (unpaired) electrons. The lowest BCUT2D eigenvalue weighted by molar-refractivity contribution is 0.102. The lowest BCUT2D eigenvalue weighted by atomic mass is 10.2. The van der Waals surface area contributed by atoms with Gasteiger partial charge < -0.3 is 15.4 Å². The zero-order valence-electron chi connectivity index (χ0n) is 16.8. The van der Waals surface area contributed by atoms with Gasteiger partial charge in [-0.1, -0.05) is 6.07 Å². The fourth-order valence-corrected chi connectivity index (χ4v) is 3.50. The number of nitrogens with zero attached hydrogens (tertiary/aromatic N) is 3. The number of carbonyl (C=O) groups excluding carboxylic acids is 2. The predicted molar refractivity (Wildman–Crippen MR) is 115 cm³/mol. The van der Waals surface area contributed by atoms with E-state index >= 15 is 0 Å². The predicted octanol–water partition coefficient (Wildman–Crippen LogP) is 3.79. The van der Waals surface area contributed by atoms with E-state index in [9.17, 15) is 14.0 Å². The molecule has 0 atom stereocenters. The maximum Gasteiger partial charge on any atom is 0.320 e. The lowest BCUT2D eigenvalue weighted by Gasteiger charge is -2.19. The van der Waals surface area contributed by atoms with Gasteiger partial charge in [0.1, 0.15) is 23.1 Å². The van der Waals surface area contributed by atoms with E-state index in [1.165, 1.54) is 24.3 Å². The number of hydrogen-bond acceptors (Lipinski definition) is 5. The summed E-state index contributed by atoms with van der Waals surface area (Å²) < 4.78 is 21.1. The Morgan fingerprint density at radius 3 is 2.94 bits per heavy atom. The third-order valence-electron chi connectivity index (χ3n) is 5.04. The van der Waals surface area contributed by atoms with E-state index in [0.717, 1.165) is 11.1 Å². The van der Waals surface area contributed by atoms with Crippen LogP contribution in [0.4, 0.5) is 20.8 Å². The maximum atomic E-state index is 13.4. The second-order valence-electron chi connectivity index (χ2n) is 7.16. The number of pyridine rings is 1. The molecule has 1 aliphatic rings. The molecule has 9 nitrogen and oxygen atoms in total. The Kier molecular flexibility index (Phi) is 4.66. The molecule has 2 aromatic carbocycles. The second kappa shape index (κ2) is 7.65. The molecule has 2 aromatic heterocycles. The number of rotatable bonds is 4. The van der Waals surface area contributed by atoms with Gasteiger partial charge in [0.25, 0.3) is 5.91 Å². The molecule has 4 aromatic rings. The zero-order valence-corrected chi connectivity index (χ0v) is 16.8. The number of anilines is 2. The van der Waals surface area contributed by atoms with E-state index in [1.807, 2.05) is 0 Å². The quantitative estimate of drug-likeness (QED) is 0.455. The van der Waals surface area contributed by atoms with Gasteiger partial charge in [-0.05, 0) is 36.4 Å². The van der Waals surface area contributed by atoms with E-state index in [-0.39, 0.29) is 11.6 Å². The molecule has 5 rings (SSSR count). The summed E-state index contributed by atoms with van der Waals surface area (Å²) in [6, 6.07) is 12.2. The van der Waals surface area contributed by atoms with Gasteiger partial charge in [-0.3, -0.25) is 14.8 Å². The van der Waals surface area contributed by atoms with Crippen LogP contribution in [0.25, 0.3) is 10.9 Å². The number of urea groups is 1. The molecule has 0 spiro atoms. The summed E-state index contributed by atoms with van der Waals surface area (Å²) in [5.74, 6) is 0.977. The van der Waals surface area contributed by atoms with Crippen molar-refractivity contribution in [3.8, 4) is 11.5 Å². The first-order chi connectivity index (χ1) is 15.5. The van der Waals surface area contributed by atoms with Gasteiger partial charge in [-0.2, -0.15) is 5.10 Å². The van der Waals surface area contributed by atoms with Gasteiger partial charge in [-0.15, -0.1) is 0 Å². The van der Waals surface area contributed by atoms with E-state index in [4.69, 9.17) is 4.74 Å². The van der Waals surface area contributed by atoms with Crippen molar-refractivity contribution < 1.29 is 18.7 Å². The monoisotopic (exact) mass is 432 g/mol. The van der Waals surface area contributed by atoms with E-state index in [2.05, 4.69) is 26.0 Å². The molecule has 3 amide bonds. The van der Waals surface area contributed by atoms with Crippen molar-refractivity contribution in [2.24, 2.45) is 7.05 Å². The summed E-state index contributed by atoms with van der Waals surface area (Å²) in [5.41, 5.74) is 1.67. The Hall–Kier alpha value is -4.47.